The van der Waals surface area contributed by atoms with Crippen molar-refractivity contribution in [3.8, 4) is 0 Å². The highest BCUT2D eigenvalue weighted by Crippen LogP contribution is 2.33. The zero-order chi connectivity index (χ0) is 30.9. The van der Waals surface area contributed by atoms with Crippen LogP contribution in [0.3, 0.4) is 0 Å². The van der Waals surface area contributed by atoms with Gasteiger partial charge in [0, 0.05) is 31.4 Å². The summed E-state index contributed by atoms with van der Waals surface area (Å²) >= 11 is 0. The smallest absolute Gasteiger partial charge is 0.244 e. The van der Waals surface area contributed by atoms with Crippen LogP contribution < -0.4 is 32.3 Å². The molecule has 230 valence electrons. The summed E-state index contributed by atoms with van der Waals surface area (Å²) in [5.41, 5.74) is 5.36. The normalized spacial score (nSPS) is 25.2. The molecule has 0 bridgehead atoms. The lowest BCUT2D eigenvalue weighted by molar-refractivity contribution is -0.133. The number of rotatable bonds is 8. The maximum atomic E-state index is 13.4. The number of amides is 6. The molecule has 1 fully saturated rings. The van der Waals surface area contributed by atoms with Crippen molar-refractivity contribution >= 4 is 45.3 Å². The molecule has 0 aromatic carbocycles. The van der Waals surface area contributed by atoms with E-state index in [0.29, 0.717) is 5.76 Å². The molecule has 2 aliphatic rings. The molecule has 7 N–H and O–H groups in total. The van der Waals surface area contributed by atoms with E-state index >= 15 is 0 Å². The van der Waals surface area contributed by atoms with E-state index in [1.165, 1.54) is 6.26 Å². The Morgan fingerprint density at radius 1 is 0.905 bits per heavy atom. The molecule has 1 aliphatic heterocycles. The van der Waals surface area contributed by atoms with Crippen molar-refractivity contribution in [2.45, 2.75) is 62.7 Å². The number of primary amides is 1. The summed E-state index contributed by atoms with van der Waals surface area (Å²) in [5.74, 6) is -4.54. The molecule has 16 heteroatoms. The Balaban J connectivity index is 1.92. The highest BCUT2D eigenvalue weighted by molar-refractivity contribution is 7.90. The standard InChI is InChI=1S/C26H36N6O9S/c1-42(39,40)12-9-18-24(36)28-10-8-17(23(27)35)29-21(33)6-7-22(34)30-19(13-15-4-5-15)25(37)32-20(26(38)31-18)14-16-3-2-11-41-16/h2-3,6-7,11,15,17-20H,4-5,8-10,12-14H2,1H3,(H2,27,35)(H,28,36)(H,29,33)(H,30,34)(H,31,38)(H,32,37). The number of furan rings is 1. The van der Waals surface area contributed by atoms with E-state index in [1.54, 1.807) is 12.1 Å². The van der Waals surface area contributed by atoms with Crippen molar-refractivity contribution in [2.75, 3.05) is 18.6 Å². The minimum absolute atomic E-state index is 0.102. The van der Waals surface area contributed by atoms with Gasteiger partial charge in [0.05, 0.1) is 12.0 Å². The third kappa shape index (κ3) is 11.0. The molecule has 42 heavy (non-hydrogen) atoms. The molecular formula is C26H36N6O9S. The van der Waals surface area contributed by atoms with Gasteiger partial charge in [0.2, 0.25) is 35.4 Å². The molecule has 0 spiro atoms. The van der Waals surface area contributed by atoms with Gasteiger partial charge in [-0.2, -0.15) is 0 Å². The quantitative estimate of drug-likeness (QED) is 0.184. The fraction of sp³-hybridized carbons (Fsp3) is 0.538. The molecule has 4 unspecified atom stereocenters. The average Bonchev–Trinajstić information content (AvgIpc) is 3.58. The fourth-order valence-corrected chi connectivity index (χ4v) is 4.91. The average molecular weight is 609 g/mol. The van der Waals surface area contributed by atoms with Gasteiger partial charge in [0.1, 0.15) is 39.8 Å². The van der Waals surface area contributed by atoms with Gasteiger partial charge < -0.3 is 36.7 Å². The third-order valence-electron chi connectivity index (χ3n) is 6.71. The minimum atomic E-state index is -3.52. The van der Waals surface area contributed by atoms with Crippen LogP contribution in [0, 0.1) is 5.92 Å². The Kier molecular flexibility index (Phi) is 11.2. The number of carbonyl (C=O) groups is 6. The molecule has 1 aromatic heterocycles. The summed E-state index contributed by atoms with van der Waals surface area (Å²) in [6, 6.07) is -1.65. The van der Waals surface area contributed by atoms with Crippen LogP contribution in [0.25, 0.3) is 0 Å². The highest BCUT2D eigenvalue weighted by atomic mass is 32.2. The number of hydrogen-bond donors (Lipinski definition) is 6. The first-order valence-corrected chi connectivity index (χ1v) is 15.5. The zero-order valence-electron chi connectivity index (χ0n) is 23.1. The Morgan fingerprint density at radius 2 is 1.55 bits per heavy atom. The van der Waals surface area contributed by atoms with Crippen LogP contribution in [0.1, 0.15) is 37.9 Å². The van der Waals surface area contributed by atoms with Gasteiger partial charge in [0.15, 0.2) is 0 Å². The van der Waals surface area contributed by atoms with E-state index in [4.69, 9.17) is 10.2 Å². The second kappa shape index (κ2) is 14.6. The van der Waals surface area contributed by atoms with Crippen LogP contribution in [0.15, 0.2) is 35.0 Å². The third-order valence-corrected chi connectivity index (χ3v) is 7.68. The van der Waals surface area contributed by atoms with E-state index in [2.05, 4.69) is 26.6 Å². The molecule has 15 nitrogen and oxygen atoms in total. The molecule has 1 aromatic rings. The highest BCUT2D eigenvalue weighted by Gasteiger charge is 2.34. The first-order chi connectivity index (χ1) is 19.8. The fourth-order valence-electron chi connectivity index (χ4n) is 4.24. The summed E-state index contributed by atoms with van der Waals surface area (Å²) in [5, 5.41) is 12.5. The molecule has 1 aliphatic carbocycles. The second-order valence-corrected chi connectivity index (χ2v) is 12.7. The van der Waals surface area contributed by atoms with Crippen molar-refractivity contribution < 1.29 is 41.6 Å². The first kappa shape index (κ1) is 32.3. The van der Waals surface area contributed by atoms with Crippen LogP contribution >= 0.6 is 0 Å². The van der Waals surface area contributed by atoms with E-state index in [-0.39, 0.29) is 38.1 Å². The topological polar surface area (TPSA) is 236 Å². The number of nitrogens with one attached hydrogen (secondary N) is 5. The molecule has 3 rings (SSSR count). The molecule has 0 radical (unpaired) electrons. The number of sulfone groups is 1. The lowest BCUT2D eigenvalue weighted by atomic mass is 10.1. The van der Waals surface area contributed by atoms with Gasteiger partial charge in [-0.1, -0.05) is 12.8 Å². The Morgan fingerprint density at radius 3 is 2.14 bits per heavy atom. The summed E-state index contributed by atoms with van der Waals surface area (Å²) < 4.78 is 29.0. The molecule has 2 heterocycles. The van der Waals surface area contributed by atoms with Crippen LogP contribution in [-0.2, 0) is 45.0 Å². The van der Waals surface area contributed by atoms with Crippen LogP contribution in [0.2, 0.25) is 0 Å². The SMILES string of the molecule is CS(=O)(=O)CCC1NC(=O)C(Cc2ccco2)NC(=O)C(CC2CC2)NC(=O)C=CC(=O)NC(C(N)=O)CCNC1=O. The number of hydrogen-bond acceptors (Lipinski definition) is 9. The van der Waals surface area contributed by atoms with E-state index < -0.39 is 75.2 Å². The first-order valence-electron chi connectivity index (χ1n) is 13.5. The van der Waals surface area contributed by atoms with E-state index in [9.17, 15) is 37.2 Å². The van der Waals surface area contributed by atoms with Gasteiger partial charge >= 0.3 is 0 Å². The summed E-state index contributed by atoms with van der Waals surface area (Å²) in [6.45, 7) is -0.169. The molecular weight excluding hydrogens is 572 g/mol. The van der Waals surface area contributed by atoms with Crippen molar-refractivity contribution in [1.29, 1.82) is 0 Å². The van der Waals surface area contributed by atoms with Crippen LogP contribution in [0.5, 0.6) is 0 Å². The van der Waals surface area contributed by atoms with Crippen molar-refractivity contribution in [1.82, 2.24) is 26.6 Å². The van der Waals surface area contributed by atoms with Crippen molar-refractivity contribution in [2.24, 2.45) is 11.7 Å². The van der Waals surface area contributed by atoms with Gasteiger partial charge in [0.25, 0.3) is 0 Å². The Hall–Kier alpha value is -4.21. The maximum absolute atomic E-state index is 13.4. The Bertz CT molecular complexity index is 1310. The number of nitrogens with two attached hydrogens (primary N) is 1. The second-order valence-electron chi connectivity index (χ2n) is 10.4. The van der Waals surface area contributed by atoms with Crippen molar-refractivity contribution in [3.63, 3.8) is 0 Å². The minimum Gasteiger partial charge on any atom is -0.469 e. The van der Waals surface area contributed by atoms with Crippen molar-refractivity contribution in [3.05, 3.63) is 36.3 Å². The molecule has 6 amide bonds. The summed E-state index contributed by atoms with van der Waals surface area (Å²) in [4.78, 5) is 76.6. The predicted molar refractivity (Wildman–Crippen MR) is 148 cm³/mol. The lowest BCUT2D eigenvalue weighted by Gasteiger charge is -2.25. The van der Waals surface area contributed by atoms with Crippen LogP contribution in [0.4, 0.5) is 0 Å². The van der Waals surface area contributed by atoms with Gasteiger partial charge in [-0.25, -0.2) is 8.42 Å². The van der Waals surface area contributed by atoms with Crippen LogP contribution in [-0.4, -0.2) is 86.6 Å². The van der Waals surface area contributed by atoms with Gasteiger partial charge in [-0.05, 0) is 37.3 Å². The summed E-state index contributed by atoms with van der Waals surface area (Å²) in [7, 11) is -3.52. The maximum Gasteiger partial charge on any atom is 0.244 e. The molecule has 0 saturated heterocycles. The summed E-state index contributed by atoms with van der Waals surface area (Å²) in [6.07, 6.45) is 5.66. The zero-order valence-corrected chi connectivity index (χ0v) is 23.9. The predicted octanol–water partition coefficient (Wildman–Crippen LogP) is -2.44. The number of carbonyl (C=O) groups excluding carboxylic acids is 6. The van der Waals surface area contributed by atoms with E-state index in [1.807, 2.05) is 0 Å². The lowest BCUT2D eigenvalue weighted by Crippen LogP contribution is -2.57. The molecule has 1 saturated carbocycles. The largest absolute Gasteiger partial charge is 0.469 e. The molecule has 4 atom stereocenters. The van der Waals surface area contributed by atoms with E-state index in [0.717, 1.165) is 31.2 Å². The Labute approximate surface area is 242 Å². The van der Waals surface area contributed by atoms with Gasteiger partial charge in [-0.15, -0.1) is 0 Å². The van der Waals surface area contributed by atoms with Gasteiger partial charge in [-0.3, -0.25) is 28.8 Å². The monoisotopic (exact) mass is 608 g/mol.